The van der Waals surface area contributed by atoms with E-state index < -0.39 is 45.8 Å². The van der Waals surface area contributed by atoms with Gasteiger partial charge in [0.2, 0.25) is 21.8 Å². The van der Waals surface area contributed by atoms with E-state index in [1.54, 1.807) is 32.9 Å². The molecule has 0 fully saturated rings. The number of hydrogen-bond acceptors (Lipinski definition) is 4. The fourth-order valence-corrected chi connectivity index (χ4v) is 4.63. The number of sulfonamides is 1. The van der Waals surface area contributed by atoms with E-state index in [1.165, 1.54) is 24.0 Å². The average Bonchev–Trinajstić information content (AvgIpc) is 2.71. The van der Waals surface area contributed by atoms with Crippen molar-refractivity contribution in [3.8, 4) is 0 Å². The van der Waals surface area contributed by atoms with Crippen molar-refractivity contribution < 1.29 is 22.4 Å². The monoisotopic (exact) mass is 565 g/mol. The summed E-state index contributed by atoms with van der Waals surface area (Å²) in [6, 6.07) is 7.05. The van der Waals surface area contributed by atoms with Gasteiger partial charge in [0.1, 0.15) is 18.4 Å². The number of hydrogen-bond donors (Lipinski definition) is 1. The quantitative estimate of drug-likeness (QED) is 0.493. The first-order valence-corrected chi connectivity index (χ1v) is 13.5. The van der Waals surface area contributed by atoms with E-state index >= 15 is 0 Å². The second-order valence-electron chi connectivity index (χ2n) is 9.04. The summed E-state index contributed by atoms with van der Waals surface area (Å²) < 4.78 is 39.5. The van der Waals surface area contributed by atoms with Gasteiger partial charge in [-0.2, -0.15) is 0 Å². The van der Waals surface area contributed by atoms with Crippen molar-refractivity contribution in [2.45, 2.75) is 45.8 Å². The molecule has 0 aliphatic rings. The maximum Gasteiger partial charge on any atom is 0.244 e. The molecule has 1 atom stereocenters. The Morgan fingerprint density at radius 2 is 1.69 bits per heavy atom. The highest BCUT2D eigenvalue weighted by molar-refractivity contribution is 7.92. The molecule has 35 heavy (non-hydrogen) atoms. The molecular weight excluding hydrogens is 540 g/mol. The van der Waals surface area contributed by atoms with Crippen molar-refractivity contribution in [1.29, 1.82) is 0 Å². The van der Waals surface area contributed by atoms with Crippen molar-refractivity contribution in [3.05, 3.63) is 62.8 Å². The molecular formula is C23H27Cl3FN3O4S. The Kier molecular flexibility index (Phi) is 9.44. The molecule has 192 valence electrons. The first kappa shape index (κ1) is 29.2. The van der Waals surface area contributed by atoms with E-state index in [2.05, 4.69) is 5.32 Å². The van der Waals surface area contributed by atoms with Gasteiger partial charge in [-0.25, -0.2) is 12.8 Å². The number of carbonyl (C=O) groups is 2. The summed E-state index contributed by atoms with van der Waals surface area (Å²) in [7, 11) is -3.98. The van der Waals surface area contributed by atoms with Gasteiger partial charge in [-0.3, -0.25) is 13.9 Å². The Labute approximate surface area is 220 Å². The minimum atomic E-state index is -3.98. The molecule has 2 aromatic rings. The summed E-state index contributed by atoms with van der Waals surface area (Å²) in [5.74, 6) is -1.85. The van der Waals surface area contributed by atoms with Crippen LogP contribution in [0.5, 0.6) is 0 Å². The van der Waals surface area contributed by atoms with Crippen molar-refractivity contribution in [3.63, 3.8) is 0 Å². The van der Waals surface area contributed by atoms with Crippen LogP contribution in [0.25, 0.3) is 0 Å². The predicted molar refractivity (Wildman–Crippen MR) is 138 cm³/mol. The second-order valence-corrected chi connectivity index (χ2v) is 12.2. The average molecular weight is 567 g/mol. The van der Waals surface area contributed by atoms with E-state index in [0.717, 1.165) is 22.7 Å². The van der Waals surface area contributed by atoms with Crippen LogP contribution in [0.15, 0.2) is 36.4 Å². The van der Waals surface area contributed by atoms with Crippen LogP contribution >= 0.6 is 34.8 Å². The van der Waals surface area contributed by atoms with E-state index in [9.17, 15) is 22.4 Å². The van der Waals surface area contributed by atoms with Gasteiger partial charge in [0.05, 0.1) is 17.0 Å². The molecule has 0 saturated heterocycles. The number of carbonyl (C=O) groups excluding carboxylic acids is 2. The summed E-state index contributed by atoms with van der Waals surface area (Å²) in [6.07, 6.45) is 0.910. The normalized spacial score (nSPS) is 12.7. The lowest BCUT2D eigenvalue weighted by Gasteiger charge is -2.33. The smallest absolute Gasteiger partial charge is 0.244 e. The lowest BCUT2D eigenvalue weighted by Crippen LogP contribution is -2.54. The van der Waals surface area contributed by atoms with Crippen LogP contribution < -0.4 is 9.62 Å². The Balaban J connectivity index is 2.46. The highest BCUT2D eigenvalue weighted by Crippen LogP contribution is 2.26. The van der Waals surface area contributed by atoms with E-state index in [4.69, 9.17) is 34.8 Å². The first-order valence-electron chi connectivity index (χ1n) is 10.5. The number of halogens is 4. The molecule has 0 radical (unpaired) electrons. The minimum Gasteiger partial charge on any atom is -0.350 e. The van der Waals surface area contributed by atoms with Crippen LogP contribution in [0.1, 0.15) is 33.3 Å². The molecule has 0 spiro atoms. The Bertz CT molecular complexity index is 1220. The Hall–Kier alpha value is -2.07. The van der Waals surface area contributed by atoms with Gasteiger partial charge in [0, 0.05) is 22.1 Å². The molecule has 2 rings (SSSR count). The van der Waals surface area contributed by atoms with Crippen molar-refractivity contribution in [1.82, 2.24) is 10.2 Å². The molecule has 0 bridgehead atoms. The summed E-state index contributed by atoms with van der Waals surface area (Å²) >= 11 is 18.1. The molecule has 1 N–H and O–H groups in total. The molecule has 0 aliphatic heterocycles. The number of benzene rings is 2. The zero-order chi connectivity index (χ0) is 26.7. The predicted octanol–water partition coefficient (Wildman–Crippen LogP) is 4.88. The highest BCUT2D eigenvalue weighted by Gasteiger charge is 2.32. The van der Waals surface area contributed by atoms with Gasteiger partial charge in [0.25, 0.3) is 0 Å². The molecule has 0 heterocycles. The van der Waals surface area contributed by atoms with Gasteiger partial charge in [-0.1, -0.05) is 40.9 Å². The van der Waals surface area contributed by atoms with Crippen LogP contribution in [0.4, 0.5) is 10.1 Å². The molecule has 0 aromatic heterocycles. The molecule has 0 unspecified atom stereocenters. The number of rotatable bonds is 8. The van der Waals surface area contributed by atoms with Crippen molar-refractivity contribution in [2.24, 2.45) is 0 Å². The lowest BCUT2D eigenvalue weighted by atomic mass is 10.1. The third kappa shape index (κ3) is 8.24. The summed E-state index contributed by atoms with van der Waals surface area (Å²) in [6.45, 7) is 6.17. The zero-order valence-electron chi connectivity index (χ0n) is 19.9. The van der Waals surface area contributed by atoms with Crippen LogP contribution in [-0.4, -0.2) is 49.5 Å². The molecule has 2 amide bonds. The third-order valence-electron chi connectivity index (χ3n) is 4.89. The molecule has 0 aliphatic carbocycles. The van der Waals surface area contributed by atoms with Gasteiger partial charge < -0.3 is 10.2 Å². The van der Waals surface area contributed by atoms with E-state index in [-0.39, 0.29) is 22.3 Å². The van der Waals surface area contributed by atoms with Gasteiger partial charge in [0.15, 0.2) is 0 Å². The molecule has 7 nitrogen and oxygen atoms in total. The van der Waals surface area contributed by atoms with Crippen LogP contribution in [0.3, 0.4) is 0 Å². The number of nitrogens with zero attached hydrogens (tertiary/aromatic N) is 2. The van der Waals surface area contributed by atoms with Gasteiger partial charge in [-0.15, -0.1) is 0 Å². The van der Waals surface area contributed by atoms with Gasteiger partial charge >= 0.3 is 0 Å². The van der Waals surface area contributed by atoms with E-state index in [0.29, 0.717) is 10.6 Å². The highest BCUT2D eigenvalue weighted by atomic mass is 35.5. The second kappa shape index (κ2) is 11.3. The van der Waals surface area contributed by atoms with Crippen LogP contribution in [0, 0.1) is 5.82 Å². The minimum absolute atomic E-state index is 0.00326. The Morgan fingerprint density at radius 1 is 1.06 bits per heavy atom. The standard InChI is InChI=1S/C23H27Cl3FN3O4S/c1-14(22(32)28-23(2,3)4)29(12-15-6-7-16(24)10-18(15)25)21(31)13-30(35(5,33)34)17-8-9-20(27)19(26)11-17/h6-11,14H,12-13H2,1-5H3,(H,28,32)/t14-/m1/s1. The maximum absolute atomic E-state index is 13.6. The van der Waals surface area contributed by atoms with Crippen molar-refractivity contribution in [2.75, 3.05) is 17.1 Å². The molecule has 12 heteroatoms. The van der Waals surface area contributed by atoms with Gasteiger partial charge in [-0.05, 0) is 63.6 Å². The zero-order valence-corrected chi connectivity index (χ0v) is 23.0. The van der Waals surface area contributed by atoms with Crippen molar-refractivity contribution >= 4 is 62.3 Å². The molecule has 0 saturated carbocycles. The number of anilines is 1. The summed E-state index contributed by atoms with van der Waals surface area (Å²) in [5, 5.41) is 3.19. The SMILES string of the molecule is C[C@H](C(=O)NC(C)(C)C)N(Cc1ccc(Cl)cc1Cl)C(=O)CN(c1ccc(F)c(Cl)c1)S(C)(=O)=O. The third-order valence-corrected chi connectivity index (χ3v) is 6.91. The number of amides is 2. The fourth-order valence-electron chi connectivity index (χ4n) is 3.14. The van der Waals surface area contributed by atoms with Crippen LogP contribution in [-0.2, 0) is 26.2 Å². The maximum atomic E-state index is 13.6. The largest absolute Gasteiger partial charge is 0.350 e. The van der Waals surface area contributed by atoms with Crippen LogP contribution in [0.2, 0.25) is 15.1 Å². The van der Waals surface area contributed by atoms with E-state index in [1.807, 2.05) is 0 Å². The first-order chi connectivity index (χ1) is 16.0. The topological polar surface area (TPSA) is 86.8 Å². The summed E-state index contributed by atoms with van der Waals surface area (Å²) in [4.78, 5) is 27.6. The lowest BCUT2D eigenvalue weighted by molar-refractivity contribution is -0.140. The summed E-state index contributed by atoms with van der Waals surface area (Å²) in [5.41, 5.74) is -0.0548. The fraction of sp³-hybridized carbons (Fsp3) is 0.391. The Morgan fingerprint density at radius 3 is 2.20 bits per heavy atom. The molecule has 2 aromatic carbocycles. The number of nitrogens with one attached hydrogen (secondary N) is 1.